The van der Waals surface area contributed by atoms with Gasteiger partial charge in [0, 0.05) is 10.7 Å². The monoisotopic (exact) mass is 434 g/mol. The highest BCUT2D eigenvalue weighted by Gasteiger charge is 2.35. The second kappa shape index (κ2) is 8.26. The van der Waals surface area contributed by atoms with E-state index >= 15 is 0 Å². The van der Waals surface area contributed by atoms with Crippen LogP contribution in [0.1, 0.15) is 17.2 Å². The van der Waals surface area contributed by atoms with Gasteiger partial charge in [0.15, 0.2) is 9.84 Å². The number of aryl methyl sites for hydroxylation is 1. The maximum atomic E-state index is 12.9. The van der Waals surface area contributed by atoms with Crippen molar-refractivity contribution in [3.8, 4) is 0 Å². The van der Waals surface area contributed by atoms with Crippen LogP contribution in [0.3, 0.4) is 0 Å². The molecule has 29 heavy (non-hydrogen) atoms. The van der Waals surface area contributed by atoms with E-state index in [9.17, 15) is 18.0 Å². The smallest absolute Gasteiger partial charge is 0.338 e. The lowest BCUT2D eigenvalue weighted by atomic mass is 9.95. The van der Waals surface area contributed by atoms with Crippen molar-refractivity contribution in [3.63, 3.8) is 0 Å². The summed E-state index contributed by atoms with van der Waals surface area (Å²) in [7, 11) is -2.63. The molecule has 7 nitrogen and oxygen atoms in total. The van der Waals surface area contributed by atoms with Gasteiger partial charge < -0.3 is 15.4 Å². The second-order valence-corrected chi connectivity index (χ2v) is 8.96. The molecule has 2 aromatic carbocycles. The molecule has 0 aromatic heterocycles. The second-order valence-electron chi connectivity index (χ2n) is 6.54. The van der Waals surface area contributed by atoms with Crippen molar-refractivity contribution < 1.29 is 22.7 Å². The molecule has 3 rings (SSSR count). The SMILES string of the molecule is COC(=O)C1=C(CS(=O)(=O)c2ccc(C)cc2)NC(=O)NC1c1ccc(Cl)cc1. The van der Waals surface area contributed by atoms with Gasteiger partial charge in [-0.25, -0.2) is 18.0 Å². The molecule has 0 spiro atoms. The number of amides is 2. The zero-order valence-corrected chi connectivity index (χ0v) is 17.3. The van der Waals surface area contributed by atoms with Gasteiger partial charge in [-0.2, -0.15) is 0 Å². The van der Waals surface area contributed by atoms with Crippen LogP contribution in [0.25, 0.3) is 0 Å². The summed E-state index contributed by atoms with van der Waals surface area (Å²) in [6, 6.07) is 11.4. The highest BCUT2D eigenvalue weighted by molar-refractivity contribution is 7.91. The number of rotatable bonds is 5. The molecule has 1 aliphatic heterocycles. The third kappa shape index (κ3) is 4.60. The Morgan fingerprint density at radius 1 is 1.10 bits per heavy atom. The number of hydrogen-bond donors (Lipinski definition) is 2. The van der Waals surface area contributed by atoms with Crippen molar-refractivity contribution in [3.05, 3.63) is 76.0 Å². The van der Waals surface area contributed by atoms with Crippen LogP contribution >= 0.6 is 11.6 Å². The lowest BCUT2D eigenvalue weighted by Gasteiger charge is -2.29. The number of halogens is 1. The van der Waals surface area contributed by atoms with E-state index in [2.05, 4.69) is 10.6 Å². The molecule has 9 heteroatoms. The standard InChI is InChI=1S/C20H19ClN2O5S/c1-12-3-9-15(10-4-12)29(26,27)11-16-17(19(24)28-2)18(23-20(25)22-16)13-5-7-14(21)8-6-13/h3-10,18H,11H2,1-2H3,(H2,22,23,25). The first-order valence-corrected chi connectivity index (χ1v) is 10.7. The Morgan fingerprint density at radius 3 is 2.31 bits per heavy atom. The van der Waals surface area contributed by atoms with Crippen molar-refractivity contribution in [1.82, 2.24) is 10.6 Å². The summed E-state index contributed by atoms with van der Waals surface area (Å²) in [5, 5.41) is 5.57. The number of nitrogens with one attached hydrogen (secondary N) is 2. The van der Waals surface area contributed by atoms with Crippen LogP contribution in [0.2, 0.25) is 5.02 Å². The van der Waals surface area contributed by atoms with Crippen LogP contribution in [0.5, 0.6) is 0 Å². The average molecular weight is 435 g/mol. The summed E-state index contributed by atoms with van der Waals surface area (Å²) in [4.78, 5) is 24.8. The van der Waals surface area contributed by atoms with Gasteiger partial charge >= 0.3 is 12.0 Å². The van der Waals surface area contributed by atoms with Crippen LogP contribution in [-0.4, -0.2) is 33.3 Å². The topological polar surface area (TPSA) is 102 Å². The third-order valence-electron chi connectivity index (χ3n) is 4.48. The van der Waals surface area contributed by atoms with Crippen LogP contribution in [-0.2, 0) is 19.4 Å². The van der Waals surface area contributed by atoms with E-state index in [-0.39, 0.29) is 16.2 Å². The molecule has 2 amide bonds. The van der Waals surface area contributed by atoms with Gasteiger partial charge in [0.2, 0.25) is 0 Å². The van der Waals surface area contributed by atoms with Crippen LogP contribution < -0.4 is 10.6 Å². The minimum Gasteiger partial charge on any atom is -0.466 e. The largest absolute Gasteiger partial charge is 0.466 e. The van der Waals surface area contributed by atoms with E-state index in [1.807, 2.05) is 6.92 Å². The van der Waals surface area contributed by atoms with Gasteiger partial charge in [-0.1, -0.05) is 41.4 Å². The molecule has 2 aromatic rings. The van der Waals surface area contributed by atoms with Gasteiger partial charge in [0.1, 0.15) is 0 Å². The summed E-state index contributed by atoms with van der Waals surface area (Å²) in [6.45, 7) is 1.85. The Bertz CT molecular complexity index is 1080. The number of esters is 1. The van der Waals surface area contributed by atoms with Crippen LogP contribution in [0.4, 0.5) is 4.79 Å². The molecule has 0 fully saturated rings. The molecule has 2 N–H and O–H groups in total. The molecular weight excluding hydrogens is 416 g/mol. The predicted octanol–water partition coefficient (Wildman–Crippen LogP) is 2.90. The molecule has 0 aliphatic carbocycles. The quantitative estimate of drug-likeness (QED) is 0.704. The van der Waals surface area contributed by atoms with E-state index in [0.29, 0.717) is 10.6 Å². The van der Waals surface area contributed by atoms with Crippen molar-refractivity contribution in [2.75, 3.05) is 12.9 Å². The number of carbonyl (C=O) groups excluding carboxylic acids is 2. The van der Waals surface area contributed by atoms with E-state index < -0.39 is 33.6 Å². The summed E-state index contributed by atoms with van der Waals surface area (Å²) in [5.74, 6) is -1.30. The number of benzene rings is 2. The molecule has 1 atom stereocenters. The first kappa shape index (κ1) is 20.9. The maximum Gasteiger partial charge on any atom is 0.338 e. The molecule has 0 radical (unpaired) electrons. The average Bonchev–Trinajstić information content (AvgIpc) is 2.67. The van der Waals surface area contributed by atoms with Crippen LogP contribution in [0.15, 0.2) is 64.7 Å². The molecule has 0 saturated heterocycles. The number of ether oxygens (including phenoxy) is 1. The van der Waals surface area contributed by atoms with Gasteiger partial charge in [0.05, 0.1) is 29.4 Å². The number of methoxy groups -OCH3 is 1. The van der Waals surface area contributed by atoms with Crippen molar-refractivity contribution >= 4 is 33.4 Å². The lowest BCUT2D eigenvalue weighted by Crippen LogP contribution is -2.47. The fraction of sp³-hybridized carbons (Fsp3) is 0.200. The number of carbonyl (C=O) groups is 2. The van der Waals surface area contributed by atoms with Gasteiger partial charge in [-0.15, -0.1) is 0 Å². The zero-order chi connectivity index (χ0) is 21.2. The maximum absolute atomic E-state index is 12.9. The molecule has 152 valence electrons. The Labute approximate surface area is 173 Å². The minimum absolute atomic E-state index is 0.0186. The zero-order valence-electron chi connectivity index (χ0n) is 15.7. The first-order valence-electron chi connectivity index (χ1n) is 8.65. The van der Waals surface area contributed by atoms with E-state index in [0.717, 1.165) is 5.56 Å². The van der Waals surface area contributed by atoms with Gasteiger partial charge in [-0.05, 0) is 36.8 Å². The molecule has 1 heterocycles. The Balaban J connectivity index is 2.08. The van der Waals surface area contributed by atoms with Crippen LogP contribution in [0, 0.1) is 6.92 Å². The van der Waals surface area contributed by atoms with Gasteiger partial charge in [-0.3, -0.25) is 0 Å². The van der Waals surface area contributed by atoms with Crippen molar-refractivity contribution in [1.29, 1.82) is 0 Å². The Morgan fingerprint density at radius 2 is 1.72 bits per heavy atom. The van der Waals surface area contributed by atoms with E-state index in [1.165, 1.54) is 19.2 Å². The summed E-state index contributed by atoms with van der Waals surface area (Å²) in [5.41, 5.74) is 1.47. The fourth-order valence-corrected chi connectivity index (χ4v) is 4.46. The first-order chi connectivity index (χ1) is 13.7. The normalized spacial score (nSPS) is 16.8. The van der Waals surface area contributed by atoms with E-state index in [1.54, 1.807) is 36.4 Å². The van der Waals surface area contributed by atoms with Crippen molar-refractivity contribution in [2.45, 2.75) is 17.9 Å². The summed E-state index contributed by atoms with van der Waals surface area (Å²) < 4.78 is 30.6. The molecule has 0 bridgehead atoms. The highest BCUT2D eigenvalue weighted by Crippen LogP contribution is 2.30. The molecule has 1 aliphatic rings. The Kier molecular flexibility index (Phi) is 5.95. The van der Waals surface area contributed by atoms with E-state index in [4.69, 9.17) is 16.3 Å². The summed E-state index contributed by atoms with van der Waals surface area (Å²) in [6.07, 6.45) is 0. The highest BCUT2D eigenvalue weighted by atomic mass is 35.5. The summed E-state index contributed by atoms with van der Waals surface area (Å²) >= 11 is 5.92. The number of hydrogen-bond acceptors (Lipinski definition) is 5. The molecule has 0 saturated carbocycles. The van der Waals surface area contributed by atoms with Gasteiger partial charge in [0.25, 0.3) is 0 Å². The molecule has 1 unspecified atom stereocenters. The Hall–Kier alpha value is -2.84. The lowest BCUT2D eigenvalue weighted by molar-refractivity contribution is -0.136. The van der Waals surface area contributed by atoms with Crippen molar-refractivity contribution in [2.24, 2.45) is 0 Å². The molecular formula is C20H19ClN2O5S. The minimum atomic E-state index is -3.82. The third-order valence-corrected chi connectivity index (χ3v) is 6.39. The number of sulfone groups is 1. The number of urea groups is 1. The predicted molar refractivity (Wildman–Crippen MR) is 108 cm³/mol. The fourth-order valence-electron chi connectivity index (χ4n) is 3.01.